The molecule has 0 amide bonds. The summed E-state index contributed by atoms with van der Waals surface area (Å²) < 4.78 is 25.6. The average molecular weight is 218 g/mol. The zero-order valence-electron chi connectivity index (χ0n) is 8.19. The molecule has 0 spiro atoms. The molecule has 2 N–H and O–H groups in total. The Morgan fingerprint density at radius 2 is 2.21 bits per heavy atom. The number of aryl methyl sites for hydroxylation is 1. The molecule has 0 unspecified atom stereocenters. The second-order valence-electron chi connectivity index (χ2n) is 2.96. The lowest BCUT2D eigenvalue weighted by Crippen LogP contribution is -2.28. The number of sulfonamides is 1. The van der Waals surface area contributed by atoms with E-state index in [1.165, 1.54) is 0 Å². The lowest BCUT2D eigenvalue weighted by molar-refractivity contribution is 0.589. The molecular weight excluding hydrogens is 204 g/mol. The van der Waals surface area contributed by atoms with Gasteiger partial charge in [-0.2, -0.15) is 0 Å². The van der Waals surface area contributed by atoms with Crippen molar-refractivity contribution in [1.29, 1.82) is 0 Å². The van der Waals surface area contributed by atoms with Crippen molar-refractivity contribution in [1.82, 2.24) is 14.3 Å². The number of rotatable bonds is 5. The Morgan fingerprint density at radius 1 is 1.50 bits per heavy atom. The first kappa shape index (κ1) is 11.0. The van der Waals surface area contributed by atoms with Crippen molar-refractivity contribution in [2.24, 2.45) is 7.05 Å². The molecule has 1 aromatic heterocycles. The highest BCUT2D eigenvalue weighted by Crippen LogP contribution is 1.98. The highest BCUT2D eigenvalue weighted by Gasteiger charge is 2.00. The molecule has 1 rings (SSSR count). The fourth-order valence-corrected chi connectivity index (χ4v) is 1.42. The zero-order valence-corrected chi connectivity index (χ0v) is 9.00. The number of anilines is 1. The van der Waals surface area contributed by atoms with Gasteiger partial charge in [-0.05, 0) is 0 Å². The van der Waals surface area contributed by atoms with Crippen LogP contribution < -0.4 is 10.0 Å². The summed E-state index contributed by atoms with van der Waals surface area (Å²) in [5.41, 5.74) is 0. The summed E-state index contributed by atoms with van der Waals surface area (Å²) in [6.45, 7) is 0.865. The van der Waals surface area contributed by atoms with E-state index in [-0.39, 0.29) is 0 Å². The summed E-state index contributed by atoms with van der Waals surface area (Å²) in [5.74, 6) is 0.723. The van der Waals surface area contributed by atoms with Crippen molar-refractivity contribution < 1.29 is 8.42 Å². The minimum absolute atomic E-state index is 0.353. The van der Waals surface area contributed by atoms with E-state index in [2.05, 4.69) is 15.0 Å². The highest BCUT2D eigenvalue weighted by atomic mass is 32.2. The Morgan fingerprint density at radius 3 is 2.71 bits per heavy atom. The van der Waals surface area contributed by atoms with Crippen LogP contribution in [0, 0.1) is 0 Å². The van der Waals surface area contributed by atoms with Gasteiger partial charge in [0.2, 0.25) is 16.0 Å². The van der Waals surface area contributed by atoms with Crippen molar-refractivity contribution in [3.63, 3.8) is 0 Å². The number of nitrogens with zero attached hydrogens (tertiary/aromatic N) is 2. The molecule has 0 saturated carbocycles. The second-order valence-corrected chi connectivity index (χ2v) is 4.79. The molecule has 7 heteroatoms. The van der Waals surface area contributed by atoms with E-state index in [1.54, 1.807) is 6.20 Å². The van der Waals surface area contributed by atoms with Gasteiger partial charge >= 0.3 is 0 Å². The van der Waals surface area contributed by atoms with E-state index >= 15 is 0 Å². The van der Waals surface area contributed by atoms with Crippen molar-refractivity contribution >= 4 is 16.0 Å². The molecule has 14 heavy (non-hydrogen) atoms. The molecule has 0 aliphatic heterocycles. The summed E-state index contributed by atoms with van der Waals surface area (Å²) in [7, 11) is -1.23. The first-order valence-electron chi connectivity index (χ1n) is 4.15. The van der Waals surface area contributed by atoms with Crippen molar-refractivity contribution in [3.8, 4) is 0 Å². The van der Waals surface area contributed by atoms with Gasteiger partial charge in [0.1, 0.15) is 0 Å². The molecule has 0 radical (unpaired) electrons. The zero-order chi connectivity index (χ0) is 10.6. The first-order chi connectivity index (χ1) is 6.49. The maximum Gasteiger partial charge on any atom is 0.208 e. The molecule has 0 saturated heterocycles. The predicted molar refractivity (Wildman–Crippen MR) is 54.5 cm³/mol. The van der Waals surface area contributed by atoms with E-state index in [9.17, 15) is 8.42 Å². The van der Waals surface area contributed by atoms with E-state index in [1.807, 2.05) is 17.8 Å². The summed E-state index contributed by atoms with van der Waals surface area (Å²) in [5, 5.41) is 2.99. The third-order valence-corrected chi connectivity index (χ3v) is 2.32. The van der Waals surface area contributed by atoms with Crippen LogP contribution in [0.2, 0.25) is 0 Å². The minimum atomic E-state index is -3.09. The highest BCUT2D eigenvalue weighted by molar-refractivity contribution is 7.88. The summed E-state index contributed by atoms with van der Waals surface area (Å²) in [6.07, 6.45) is 4.62. The van der Waals surface area contributed by atoms with Crippen molar-refractivity contribution in [3.05, 3.63) is 12.4 Å². The van der Waals surface area contributed by atoms with Crippen LogP contribution >= 0.6 is 0 Å². The van der Waals surface area contributed by atoms with E-state index in [0.717, 1.165) is 12.2 Å². The van der Waals surface area contributed by atoms with E-state index in [4.69, 9.17) is 0 Å². The standard InChI is InChI=1S/C7H14N4O2S/c1-11-6-5-9-7(11)8-3-4-10-14(2,12)13/h5-6,10H,3-4H2,1-2H3,(H,8,9). The third-order valence-electron chi connectivity index (χ3n) is 1.59. The van der Waals surface area contributed by atoms with Gasteiger partial charge in [0, 0.05) is 32.5 Å². The van der Waals surface area contributed by atoms with Crippen LogP contribution in [0.3, 0.4) is 0 Å². The molecule has 0 atom stereocenters. The van der Waals surface area contributed by atoms with Gasteiger partial charge < -0.3 is 9.88 Å². The molecule has 80 valence electrons. The van der Waals surface area contributed by atoms with Crippen LogP contribution in [0.15, 0.2) is 12.4 Å². The monoisotopic (exact) mass is 218 g/mol. The molecule has 0 bridgehead atoms. The van der Waals surface area contributed by atoms with Gasteiger partial charge in [-0.15, -0.1) is 0 Å². The molecule has 6 nitrogen and oxygen atoms in total. The Kier molecular flexibility index (Phi) is 3.48. The quantitative estimate of drug-likeness (QED) is 0.646. The van der Waals surface area contributed by atoms with Gasteiger partial charge in [0.25, 0.3) is 0 Å². The first-order valence-corrected chi connectivity index (χ1v) is 6.04. The largest absolute Gasteiger partial charge is 0.354 e. The van der Waals surface area contributed by atoms with Crippen LogP contribution in [0.4, 0.5) is 5.95 Å². The van der Waals surface area contributed by atoms with Crippen molar-refractivity contribution in [2.45, 2.75) is 0 Å². The molecule has 0 aromatic carbocycles. The van der Waals surface area contributed by atoms with Gasteiger partial charge in [0.15, 0.2) is 0 Å². The Hall–Kier alpha value is -1.08. The van der Waals surface area contributed by atoms with Gasteiger partial charge in [-0.1, -0.05) is 0 Å². The number of aromatic nitrogens is 2. The Labute approximate surface area is 83.4 Å². The van der Waals surface area contributed by atoms with Crippen LogP contribution in [0.25, 0.3) is 0 Å². The number of nitrogens with one attached hydrogen (secondary N) is 2. The van der Waals surface area contributed by atoms with Crippen LogP contribution in [0.5, 0.6) is 0 Å². The maximum absolute atomic E-state index is 10.7. The molecule has 0 fully saturated rings. The number of hydrogen-bond acceptors (Lipinski definition) is 4. The van der Waals surface area contributed by atoms with Crippen LogP contribution in [-0.2, 0) is 17.1 Å². The Balaban J connectivity index is 2.26. The third kappa shape index (κ3) is 3.75. The van der Waals surface area contributed by atoms with Gasteiger partial charge in [-0.25, -0.2) is 18.1 Å². The molecule has 0 aliphatic rings. The lowest BCUT2D eigenvalue weighted by Gasteiger charge is -2.05. The van der Waals surface area contributed by atoms with E-state index < -0.39 is 10.0 Å². The van der Waals surface area contributed by atoms with Crippen molar-refractivity contribution in [2.75, 3.05) is 24.7 Å². The maximum atomic E-state index is 10.7. The lowest BCUT2D eigenvalue weighted by atomic mass is 10.6. The number of imidazole rings is 1. The fourth-order valence-electron chi connectivity index (χ4n) is 0.947. The summed E-state index contributed by atoms with van der Waals surface area (Å²) in [4.78, 5) is 4.02. The fraction of sp³-hybridized carbons (Fsp3) is 0.571. The SMILES string of the molecule is Cn1ccnc1NCCNS(C)(=O)=O. The predicted octanol–water partition coefficient (Wildman–Crippen LogP) is -0.619. The van der Waals surface area contributed by atoms with Crippen LogP contribution in [-0.4, -0.2) is 37.3 Å². The summed E-state index contributed by atoms with van der Waals surface area (Å²) in [6, 6.07) is 0. The molecule has 1 aromatic rings. The minimum Gasteiger partial charge on any atom is -0.354 e. The van der Waals surface area contributed by atoms with Gasteiger partial charge in [-0.3, -0.25) is 0 Å². The molecule has 0 aliphatic carbocycles. The average Bonchev–Trinajstić information content (AvgIpc) is 2.44. The van der Waals surface area contributed by atoms with Gasteiger partial charge in [0.05, 0.1) is 6.26 Å². The number of hydrogen-bond donors (Lipinski definition) is 2. The van der Waals surface area contributed by atoms with E-state index in [0.29, 0.717) is 13.1 Å². The topological polar surface area (TPSA) is 76.0 Å². The summed E-state index contributed by atoms with van der Waals surface area (Å²) >= 11 is 0. The Bertz CT molecular complexity index is 384. The molecular formula is C7H14N4O2S. The molecule has 1 heterocycles. The normalized spacial score (nSPS) is 11.6. The van der Waals surface area contributed by atoms with Crippen LogP contribution in [0.1, 0.15) is 0 Å². The second kappa shape index (κ2) is 4.43. The smallest absolute Gasteiger partial charge is 0.208 e.